The Kier molecular flexibility index (Phi) is 5.30. The summed E-state index contributed by atoms with van der Waals surface area (Å²) in [6.07, 6.45) is 1.20. The van der Waals surface area contributed by atoms with E-state index in [1.807, 2.05) is 0 Å². The lowest BCUT2D eigenvalue weighted by atomic mass is 9.89. The summed E-state index contributed by atoms with van der Waals surface area (Å²) >= 11 is 0. The molecule has 134 valence electrons. The smallest absolute Gasteiger partial charge is 0.391 e. The largest absolute Gasteiger partial charge is 0.433 e. The molecule has 0 radical (unpaired) electrons. The molecule has 1 aromatic rings. The molecular formula is C17H24F3N3O. The summed E-state index contributed by atoms with van der Waals surface area (Å²) in [5.74, 6) is 0.279. The number of piperidine rings is 1. The first kappa shape index (κ1) is 17.5. The van der Waals surface area contributed by atoms with Gasteiger partial charge in [0.2, 0.25) is 0 Å². The maximum atomic E-state index is 12.7. The van der Waals surface area contributed by atoms with Crippen LogP contribution < -0.4 is 5.32 Å². The molecule has 1 aromatic heterocycles. The van der Waals surface area contributed by atoms with Crippen LogP contribution in [0.1, 0.15) is 44.2 Å². The zero-order chi connectivity index (χ0) is 17.2. The third kappa shape index (κ3) is 4.19. The third-order valence-corrected chi connectivity index (χ3v) is 5.08. The zero-order valence-corrected chi connectivity index (χ0v) is 13.6. The summed E-state index contributed by atoms with van der Waals surface area (Å²) in [6, 6.07) is 4.31. The number of hydrogen-bond donors (Lipinski definition) is 2. The van der Waals surface area contributed by atoms with Crippen molar-refractivity contribution in [2.24, 2.45) is 0 Å². The van der Waals surface area contributed by atoms with Crippen molar-refractivity contribution in [1.82, 2.24) is 9.88 Å². The maximum Gasteiger partial charge on any atom is 0.433 e. The molecule has 2 aliphatic rings. The zero-order valence-electron chi connectivity index (χ0n) is 13.6. The van der Waals surface area contributed by atoms with Gasteiger partial charge in [-0.3, -0.25) is 4.90 Å². The molecule has 1 aliphatic heterocycles. The van der Waals surface area contributed by atoms with Crippen LogP contribution in [0.3, 0.4) is 0 Å². The van der Waals surface area contributed by atoms with E-state index in [9.17, 15) is 18.3 Å². The van der Waals surface area contributed by atoms with Gasteiger partial charge < -0.3 is 10.4 Å². The molecule has 0 bridgehead atoms. The molecule has 0 amide bonds. The summed E-state index contributed by atoms with van der Waals surface area (Å²) in [6.45, 7) is 1.72. The average molecular weight is 343 g/mol. The SMILES string of the molecule is OC1CCCCC1N1CCC(Nc2cccc(C(F)(F)F)n2)CC1. The minimum atomic E-state index is -4.42. The number of aliphatic hydroxyl groups is 1. The quantitative estimate of drug-likeness (QED) is 0.884. The molecule has 1 saturated carbocycles. The fraction of sp³-hybridized carbons (Fsp3) is 0.706. The summed E-state index contributed by atoms with van der Waals surface area (Å²) in [7, 11) is 0. The van der Waals surface area contributed by atoms with Gasteiger partial charge in [-0.2, -0.15) is 13.2 Å². The van der Waals surface area contributed by atoms with E-state index in [4.69, 9.17) is 0 Å². The number of aliphatic hydroxyl groups excluding tert-OH is 1. The highest BCUT2D eigenvalue weighted by molar-refractivity contribution is 5.37. The van der Waals surface area contributed by atoms with Crippen LogP contribution in [0.15, 0.2) is 18.2 Å². The van der Waals surface area contributed by atoms with Crippen LogP contribution >= 0.6 is 0 Å². The van der Waals surface area contributed by atoms with Gasteiger partial charge in [-0.05, 0) is 37.8 Å². The Labute approximate surface area is 140 Å². The van der Waals surface area contributed by atoms with Crippen LogP contribution in [-0.2, 0) is 6.18 Å². The van der Waals surface area contributed by atoms with Crippen molar-refractivity contribution in [2.45, 2.75) is 62.9 Å². The molecule has 1 saturated heterocycles. The van der Waals surface area contributed by atoms with Gasteiger partial charge in [0.1, 0.15) is 11.5 Å². The Bertz CT molecular complexity index is 544. The van der Waals surface area contributed by atoms with Gasteiger partial charge in [-0.15, -0.1) is 0 Å². The van der Waals surface area contributed by atoms with Gasteiger partial charge in [0.15, 0.2) is 0 Å². The second-order valence-electron chi connectivity index (χ2n) is 6.78. The van der Waals surface area contributed by atoms with Crippen molar-refractivity contribution in [3.05, 3.63) is 23.9 Å². The lowest BCUT2D eigenvalue weighted by Crippen LogP contribution is -2.50. The number of pyridine rings is 1. The van der Waals surface area contributed by atoms with E-state index in [1.54, 1.807) is 6.07 Å². The van der Waals surface area contributed by atoms with Crippen LogP contribution in [-0.4, -0.2) is 46.3 Å². The van der Waals surface area contributed by atoms with E-state index in [-0.39, 0.29) is 24.0 Å². The average Bonchev–Trinajstić information content (AvgIpc) is 2.56. The monoisotopic (exact) mass is 343 g/mol. The second-order valence-corrected chi connectivity index (χ2v) is 6.78. The standard InChI is InChI=1S/C17H24F3N3O/c18-17(19,20)15-6-3-7-16(22-15)21-12-8-10-23(11-9-12)13-4-1-2-5-14(13)24/h3,6-7,12-14,24H,1-2,4-5,8-11H2,(H,21,22). The molecular weight excluding hydrogens is 319 g/mol. The Balaban J connectivity index is 1.54. The third-order valence-electron chi connectivity index (χ3n) is 5.08. The predicted octanol–water partition coefficient (Wildman–Crippen LogP) is 3.28. The van der Waals surface area contributed by atoms with E-state index < -0.39 is 11.9 Å². The van der Waals surface area contributed by atoms with Crippen LogP contribution in [0.5, 0.6) is 0 Å². The molecule has 1 aliphatic carbocycles. The summed E-state index contributed by atoms with van der Waals surface area (Å²) in [5.41, 5.74) is -0.865. The molecule has 0 spiro atoms. The van der Waals surface area contributed by atoms with Crippen LogP contribution in [0, 0.1) is 0 Å². The number of halogens is 3. The molecule has 4 nitrogen and oxygen atoms in total. The molecule has 2 fully saturated rings. The van der Waals surface area contributed by atoms with Crippen molar-refractivity contribution >= 4 is 5.82 Å². The highest BCUT2D eigenvalue weighted by Crippen LogP contribution is 2.29. The normalized spacial score (nSPS) is 27.2. The molecule has 2 atom stereocenters. The fourth-order valence-corrected chi connectivity index (χ4v) is 3.78. The van der Waals surface area contributed by atoms with E-state index in [0.717, 1.165) is 57.7 Å². The Morgan fingerprint density at radius 1 is 1.08 bits per heavy atom. The van der Waals surface area contributed by atoms with Crippen molar-refractivity contribution in [3.8, 4) is 0 Å². The number of rotatable bonds is 3. The van der Waals surface area contributed by atoms with Crippen molar-refractivity contribution in [2.75, 3.05) is 18.4 Å². The molecule has 2 N–H and O–H groups in total. The van der Waals surface area contributed by atoms with Gasteiger partial charge in [0.05, 0.1) is 6.10 Å². The van der Waals surface area contributed by atoms with E-state index in [1.165, 1.54) is 6.07 Å². The fourth-order valence-electron chi connectivity index (χ4n) is 3.78. The van der Waals surface area contributed by atoms with E-state index in [2.05, 4.69) is 15.2 Å². The lowest BCUT2D eigenvalue weighted by molar-refractivity contribution is -0.141. The minimum absolute atomic E-state index is 0.123. The number of nitrogens with one attached hydrogen (secondary N) is 1. The maximum absolute atomic E-state index is 12.7. The number of aromatic nitrogens is 1. The van der Waals surface area contributed by atoms with E-state index in [0.29, 0.717) is 0 Å². The van der Waals surface area contributed by atoms with Crippen LogP contribution in [0.25, 0.3) is 0 Å². The highest BCUT2D eigenvalue weighted by Gasteiger charge is 2.33. The lowest BCUT2D eigenvalue weighted by Gasteiger charge is -2.41. The number of likely N-dealkylation sites (tertiary alicyclic amines) is 1. The predicted molar refractivity (Wildman–Crippen MR) is 85.7 cm³/mol. The second kappa shape index (κ2) is 7.27. The Hall–Kier alpha value is -1.34. The molecule has 0 aromatic carbocycles. The first-order valence-corrected chi connectivity index (χ1v) is 8.66. The molecule has 24 heavy (non-hydrogen) atoms. The van der Waals surface area contributed by atoms with Gasteiger partial charge in [-0.1, -0.05) is 18.9 Å². The van der Waals surface area contributed by atoms with E-state index >= 15 is 0 Å². The number of alkyl halides is 3. The molecule has 3 rings (SSSR count). The van der Waals surface area contributed by atoms with Gasteiger partial charge >= 0.3 is 6.18 Å². The van der Waals surface area contributed by atoms with Gasteiger partial charge in [0, 0.05) is 25.2 Å². The summed E-state index contributed by atoms with van der Waals surface area (Å²) < 4.78 is 38.2. The number of hydrogen-bond acceptors (Lipinski definition) is 4. The summed E-state index contributed by atoms with van der Waals surface area (Å²) in [5, 5.41) is 13.3. The number of nitrogens with zero attached hydrogens (tertiary/aromatic N) is 2. The topological polar surface area (TPSA) is 48.4 Å². The van der Waals surface area contributed by atoms with Crippen LogP contribution in [0.4, 0.5) is 19.0 Å². The van der Waals surface area contributed by atoms with Gasteiger partial charge in [0.25, 0.3) is 0 Å². The number of anilines is 1. The molecule has 2 unspecified atom stereocenters. The molecule has 2 heterocycles. The highest BCUT2D eigenvalue weighted by atomic mass is 19.4. The van der Waals surface area contributed by atoms with Crippen molar-refractivity contribution in [1.29, 1.82) is 0 Å². The van der Waals surface area contributed by atoms with Gasteiger partial charge in [-0.25, -0.2) is 4.98 Å². The molecule has 7 heteroatoms. The first-order valence-electron chi connectivity index (χ1n) is 8.66. The minimum Gasteiger partial charge on any atom is -0.391 e. The first-order chi connectivity index (χ1) is 11.4. The summed E-state index contributed by atoms with van der Waals surface area (Å²) in [4.78, 5) is 6.00. The van der Waals surface area contributed by atoms with Crippen LogP contribution in [0.2, 0.25) is 0 Å². The Morgan fingerprint density at radius 2 is 1.79 bits per heavy atom. The van der Waals surface area contributed by atoms with Crippen molar-refractivity contribution < 1.29 is 18.3 Å². The van der Waals surface area contributed by atoms with Crippen molar-refractivity contribution in [3.63, 3.8) is 0 Å². The Morgan fingerprint density at radius 3 is 2.46 bits per heavy atom.